The maximum Gasteiger partial charge on any atom is 0.246 e. The van der Waals surface area contributed by atoms with Gasteiger partial charge in [-0.1, -0.05) is 30.3 Å². The zero-order chi connectivity index (χ0) is 18.1. The van der Waals surface area contributed by atoms with E-state index in [2.05, 4.69) is 10.1 Å². The van der Waals surface area contributed by atoms with Crippen molar-refractivity contribution in [3.05, 3.63) is 77.9 Å². The highest BCUT2D eigenvalue weighted by molar-refractivity contribution is 7.89. The highest BCUT2D eigenvalue weighted by Gasteiger charge is 2.34. The van der Waals surface area contributed by atoms with Crippen molar-refractivity contribution in [2.75, 3.05) is 6.54 Å². The molecule has 4 rings (SSSR count). The molecule has 0 amide bonds. The Labute approximate surface area is 153 Å². The topological polar surface area (TPSA) is 68.1 Å². The third-order valence-corrected chi connectivity index (χ3v) is 6.76. The first-order valence-electron chi connectivity index (χ1n) is 8.57. The molecule has 6 nitrogen and oxygen atoms in total. The summed E-state index contributed by atoms with van der Waals surface area (Å²) in [6.45, 7) is 2.91. The lowest BCUT2D eigenvalue weighted by molar-refractivity contribution is 0.325. The Kier molecular flexibility index (Phi) is 4.34. The standard InChI is InChI=1S/C19H20N4O2S/c1-15-19-12-20-9-7-17(19)8-10-23(15)26(24,25)18-11-21-22(14-18)13-16-5-3-2-4-6-16/h2-7,9,11-12,14-15H,8,10,13H2,1H3. The largest absolute Gasteiger partial charge is 0.267 e. The van der Waals surface area contributed by atoms with Crippen LogP contribution in [-0.2, 0) is 23.0 Å². The van der Waals surface area contributed by atoms with Crippen LogP contribution in [0, 0.1) is 0 Å². The molecule has 26 heavy (non-hydrogen) atoms. The summed E-state index contributed by atoms with van der Waals surface area (Å²) in [5.41, 5.74) is 3.21. The molecule has 0 aliphatic carbocycles. The number of benzene rings is 1. The van der Waals surface area contributed by atoms with Crippen molar-refractivity contribution in [1.82, 2.24) is 19.1 Å². The number of sulfonamides is 1. The van der Waals surface area contributed by atoms with E-state index in [0.717, 1.165) is 11.1 Å². The predicted molar refractivity (Wildman–Crippen MR) is 98.0 cm³/mol. The average Bonchev–Trinajstić information content (AvgIpc) is 3.12. The summed E-state index contributed by atoms with van der Waals surface area (Å²) in [7, 11) is -3.60. The Balaban J connectivity index is 1.60. The Morgan fingerprint density at radius 2 is 1.96 bits per heavy atom. The van der Waals surface area contributed by atoms with Gasteiger partial charge >= 0.3 is 0 Å². The van der Waals surface area contributed by atoms with E-state index in [-0.39, 0.29) is 10.9 Å². The molecule has 7 heteroatoms. The van der Waals surface area contributed by atoms with Gasteiger partial charge in [0.25, 0.3) is 0 Å². The molecule has 1 aromatic carbocycles. The third-order valence-electron chi connectivity index (χ3n) is 4.83. The zero-order valence-corrected chi connectivity index (χ0v) is 15.3. The lowest BCUT2D eigenvalue weighted by Gasteiger charge is -2.33. The second-order valence-electron chi connectivity index (χ2n) is 6.48. The lowest BCUT2D eigenvalue weighted by Crippen LogP contribution is -2.38. The van der Waals surface area contributed by atoms with E-state index in [1.54, 1.807) is 27.6 Å². The van der Waals surface area contributed by atoms with Crippen LogP contribution < -0.4 is 0 Å². The summed E-state index contributed by atoms with van der Waals surface area (Å²) in [5.74, 6) is 0. The van der Waals surface area contributed by atoms with Crippen LogP contribution >= 0.6 is 0 Å². The fraction of sp³-hybridized carbons (Fsp3) is 0.263. The predicted octanol–water partition coefficient (Wildman–Crippen LogP) is 2.63. The molecule has 0 spiro atoms. The minimum absolute atomic E-state index is 0.229. The summed E-state index contributed by atoms with van der Waals surface area (Å²) < 4.78 is 29.5. The molecule has 3 heterocycles. The first-order valence-corrected chi connectivity index (χ1v) is 10.0. The second kappa shape index (κ2) is 6.66. The van der Waals surface area contributed by atoms with Crippen molar-refractivity contribution in [3.63, 3.8) is 0 Å². The minimum Gasteiger partial charge on any atom is -0.267 e. The van der Waals surface area contributed by atoms with E-state index < -0.39 is 10.0 Å². The monoisotopic (exact) mass is 368 g/mol. The molecule has 2 aromatic heterocycles. The van der Waals surface area contributed by atoms with Gasteiger partial charge in [0.05, 0.1) is 12.7 Å². The molecule has 1 aliphatic rings. The molecule has 1 aliphatic heterocycles. The number of rotatable bonds is 4. The summed E-state index contributed by atoms with van der Waals surface area (Å²) in [6.07, 6.45) is 7.25. The van der Waals surface area contributed by atoms with Crippen LogP contribution in [0.1, 0.15) is 29.7 Å². The fourth-order valence-electron chi connectivity index (χ4n) is 3.42. The molecule has 0 N–H and O–H groups in total. The minimum atomic E-state index is -3.60. The maximum atomic E-state index is 13.1. The fourth-order valence-corrected chi connectivity index (χ4v) is 4.98. The first kappa shape index (κ1) is 16.9. The average molecular weight is 368 g/mol. The summed E-state index contributed by atoms with van der Waals surface area (Å²) in [5, 5.41) is 4.24. The van der Waals surface area contributed by atoms with Crippen molar-refractivity contribution in [2.24, 2.45) is 0 Å². The maximum absolute atomic E-state index is 13.1. The molecular weight excluding hydrogens is 348 g/mol. The van der Waals surface area contributed by atoms with Crippen LogP contribution in [0.4, 0.5) is 0 Å². The van der Waals surface area contributed by atoms with Crippen LogP contribution in [0.2, 0.25) is 0 Å². The van der Waals surface area contributed by atoms with Crippen LogP contribution in [0.25, 0.3) is 0 Å². The summed E-state index contributed by atoms with van der Waals surface area (Å²) in [6, 6.07) is 11.6. The number of aromatic nitrogens is 3. The SMILES string of the molecule is CC1c2cnccc2CCN1S(=O)(=O)c1cnn(Cc2ccccc2)c1. The summed E-state index contributed by atoms with van der Waals surface area (Å²) in [4.78, 5) is 4.38. The number of fused-ring (bicyclic) bond motifs is 1. The van der Waals surface area contributed by atoms with E-state index in [1.807, 2.05) is 43.3 Å². The van der Waals surface area contributed by atoms with E-state index in [9.17, 15) is 8.42 Å². The lowest BCUT2D eigenvalue weighted by atomic mass is 9.98. The molecule has 3 aromatic rings. The number of pyridine rings is 1. The van der Waals surface area contributed by atoms with Crippen molar-refractivity contribution >= 4 is 10.0 Å². The Morgan fingerprint density at radius 1 is 1.15 bits per heavy atom. The Morgan fingerprint density at radius 3 is 2.77 bits per heavy atom. The first-order chi connectivity index (χ1) is 12.6. The summed E-state index contributed by atoms with van der Waals surface area (Å²) >= 11 is 0. The normalized spacial score (nSPS) is 17.8. The van der Waals surface area contributed by atoms with Crippen LogP contribution in [-0.4, -0.2) is 34.0 Å². The Bertz CT molecular complexity index is 1010. The molecule has 0 saturated carbocycles. The van der Waals surface area contributed by atoms with Crippen molar-refractivity contribution in [2.45, 2.75) is 30.8 Å². The van der Waals surface area contributed by atoms with Gasteiger partial charge in [-0.3, -0.25) is 9.67 Å². The molecule has 0 saturated heterocycles. The van der Waals surface area contributed by atoms with E-state index in [1.165, 1.54) is 11.8 Å². The van der Waals surface area contributed by atoms with Gasteiger partial charge < -0.3 is 0 Å². The highest BCUT2D eigenvalue weighted by atomic mass is 32.2. The smallest absolute Gasteiger partial charge is 0.246 e. The van der Waals surface area contributed by atoms with Crippen molar-refractivity contribution in [3.8, 4) is 0 Å². The zero-order valence-electron chi connectivity index (χ0n) is 14.5. The molecule has 1 unspecified atom stereocenters. The van der Waals surface area contributed by atoms with E-state index in [4.69, 9.17) is 0 Å². The van der Waals surface area contributed by atoms with Crippen LogP contribution in [0.5, 0.6) is 0 Å². The highest BCUT2D eigenvalue weighted by Crippen LogP contribution is 2.33. The van der Waals surface area contributed by atoms with Crippen molar-refractivity contribution < 1.29 is 8.42 Å². The number of nitrogens with zero attached hydrogens (tertiary/aromatic N) is 4. The van der Waals surface area contributed by atoms with Crippen LogP contribution in [0.3, 0.4) is 0 Å². The molecule has 1 atom stereocenters. The molecule has 0 bridgehead atoms. The van der Waals surface area contributed by atoms with E-state index >= 15 is 0 Å². The number of hydrogen-bond donors (Lipinski definition) is 0. The van der Waals surface area contributed by atoms with Gasteiger partial charge in [0, 0.05) is 31.2 Å². The van der Waals surface area contributed by atoms with Crippen LogP contribution in [0.15, 0.2) is 66.1 Å². The quantitative estimate of drug-likeness (QED) is 0.710. The number of hydrogen-bond acceptors (Lipinski definition) is 4. The molecule has 0 radical (unpaired) electrons. The van der Waals surface area contributed by atoms with Gasteiger partial charge in [-0.05, 0) is 36.1 Å². The third kappa shape index (κ3) is 3.04. The van der Waals surface area contributed by atoms with Gasteiger partial charge in [0.2, 0.25) is 10.0 Å². The molecule has 0 fully saturated rings. The van der Waals surface area contributed by atoms with Gasteiger partial charge in [0.15, 0.2) is 0 Å². The van der Waals surface area contributed by atoms with Crippen molar-refractivity contribution in [1.29, 1.82) is 0 Å². The van der Waals surface area contributed by atoms with Gasteiger partial charge in [-0.2, -0.15) is 9.40 Å². The van der Waals surface area contributed by atoms with Gasteiger partial charge in [0.1, 0.15) is 4.90 Å². The Hall–Kier alpha value is -2.51. The van der Waals surface area contributed by atoms with E-state index in [0.29, 0.717) is 19.5 Å². The molecule has 134 valence electrons. The van der Waals surface area contributed by atoms with Gasteiger partial charge in [-0.25, -0.2) is 8.42 Å². The second-order valence-corrected chi connectivity index (χ2v) is 8.37. The van der Waals surface area contributed by atoms with Gasteiger partial charge in [-0.15, -0.1) is 0 Å². The molecular formula is C19H20N4O2S.